The second-order valence-electron chi connectivity index (χ2n) is 14.0. The van der Waals surface area contributed by atoms with Crippen LogP contribution in [0.3, 0.4) is 0 Å². The van der Waals surface area contributed by atoms with E-state index in [0.717, 1.165) is 48.5 Å². The third kappa shape index (κ3) is 12.6. The summed E-state index contributed by atoms with van der Waals surface area (Å²) in [6, 6.07) is 18.5. The van der Waals surface area contributed by atoms with Crippen molar-refractivity contribution in [2.75, 3.05) is 37.1 Å². The van der Waals surface area contributed by atoms with Crippen LogP contribution in [0.25, 0.3) is 0 Å². The average molecular weight is 909 g/mol. The van der Waals surface area contributed by atoms with Crippen LogP contribution in [0.4, 0.5) is 28.9 Å². The number of methoxy groups -OCH3 is 2. The third-order valence-corrected chi connectivity index (χ3v) is 12.5. The van der Waals surface area contributed by atoms with Gasteiger partial charge in [-0.1, -0.05) is 18.2 Å². The van der Waals surface area contributed by atoms with Crippen LogP contribution < -0.4 is 28.7 Å². The van der Waals surface area contributed by atoms with Crippen LogP contribution in [0.2, 0.25) is 0 Å². The number of carbonyl (C=O) groups excluding carboxylic acids is 2. The van der Waals surface area contributed by atoms with Gasteiger partial charge in [-0.05, 0) is 121 Å². The number of sulfonamides is 2. The predicted octanol–water partition coefficient (Wildman–Crippen LogP) is 6.87. The maximum Gasteiger partial charge on any atom is 0.245 e. The highest BCUT2D eigenvalue weighted by molar-refractivity contribution is 7.90. The van der Waals surface area contributed by atoms with Crippen LogP contribution in [0.15, 0.2) is 144 Å². The first kappa shape index (κ1) is 47.7. The van der Waals surface area contributed by atoms with Crippen molar-refractivity contribution in [3.05, 3.63) is 169 Å². The number of benzene rings is 5. The first-order valence-electron chi connectivity index (χ1n) is 19.1. The number of aryl methyl sites for hydroxylation is 1. The second kappa shape index (κ2) is 21.2. The molecule has 0 unspecified atom stereocenters. The van der Waals surface area contributed by atoms with Gasteiger partial charge in [-0.15, -0.1) is 13.2 Å². The Bertz CT molecular complexity index is 2630. The zero-order chi connectivity index (χ0) is 45.9. The molecule has 2 atom stereocenters. The monoisotopic (exact) mass is 908 g/mol. The maximum absolute atomic E-state index is 14.3. The van der Waals surface area contributed by atoms with Gasteiger partial charge in [0.1, 0.15) is 46.9 Å². The van der Waals surface area contributed by atoms with Crippen molar-refractivity contribution in [2.24, 2.45) is 0 Å². The lowest BCUT2D eigenvalue weighted by atomic mass is 10.0. The molecule has 0 heterocycles. The van der Waals surface area contributed by atoms with Gasteiger partial charge in [-0.3, -0.25) is 9.59 Å². The molecule has 0 aromatic heterocycles. The minimum absolute atomic E-state index is 0.0702. The number of anilines is 2. The van der Waals surface area contributed by atoms with Crippen LogP contribution in [0, 0.1) is 23.3 Å². The Kier molecular flexibility index (Phi) is 16.0. The molecule has 0 spiro atoms. The first-order chi connectivity index (χ1) is 30.0. The SMILES string of the molecule is C=CCN(C(=O)[C@H](CCc1cc(F)cc(F)c1)NS(=O)(=O)c1cccc(S(=O)(=O)N[C@@H](Cc2cc(F)cc(F)c2)C(=O)N(CC=C)c2ccc(OC)cc2)c1)c1ccc(OC)cc1. The Morgan fingerprint density at radius 2 is 1.00 bits per heavy atom. The number of nitrogens with zero attached hydrogens (tertiary/aromatic N) is 2. The molecule has 2 N–H and O–H groups in total. The van der Waals surface area contributed by atoms with Gasteiger partial charge in [0, 0.05) is 36.6 Å². The Morgan fingerprint density at radius 3 is 1.41 bits per heavy atom. The number of carbonyl (C=O) groups is 2. The molecule has 0 aliphatic carbocycles. The van der Waals surface area contributed by atoms with Crippen LogP contribution in [-0.4, -0.2) is 68.0 Å². The van der Waals surface area contributed by atoms with E-state index in [0.29, 0.717) is 35.0 Å². The van der Waals surface area contributed by atoms with E-state index in [1.165, 1.54) is 48.3 Å². The van der Waals surface area contributed by atoms with Crippen molar-refractivity contribution < 1.29 is 53.5 Å². The number of ether oxygens (including phenoxy) is 2. The maximum atomic E-state index is 14.3. The highest BCUT2D eigenvalue weighted by atomic mass is 32.2. The lowest BCUT2D eigenvalue weighted by molar-refractivity contribution is -0.120. The molecule has 12 nitrogen and oxygen atoms in total. The fourth-order valence-corrected chi connectivity index (χ4v) is 9.14. The largest absolute Gasteiger partial charge is 0.497 e. The van der Waals surface area contributed by atoms with Crippen molar-refractivity contribution in [3.8, 4) is 11.5 Å². The summed E-state index contributed by atoms with van der Waals surface area (Å²) in [6.07, 6.45) is 1.79. The molecule has 0 radical (unpaired) electrons. The van der Waals surface area contributed by atoms with E-state index in [4.69, 9.17) is 9.47 Å². The molecule has 0 fully saturated rings. The number of amides is 2. The molecule has 0 saturated carbocycles. The molecule has 0 aliphatic rings. The summed E-state index contributed by atoms with van der Waals surface area (Å²) in [4.78, 5) is 29.7. The molecular formula is C45H44F4N4O8S2. The summed E-state index contributed by atoms with van der Waals surface area (Å²) in [7, 11) is -6.70. The molecule has 0 saturated heterocycles. The topological polar surface area (TPSA) is 151 Å². The normalized spacial score (nSPS) is 12.5. The zero-order valence-corrected chi connectivity index (χ0v) is 35.8. The lowest BCUT2D eigenvalue weighted by Crippen LogP contribution is -2.50. The highest BCUT2D eigenvalue weighted by Gasteiger charge is 2.33. The van der Waals surface area contributed by atoms with E-state index in [1.54, 1.807) is 36.4 Å². The molecule has 63 heavy (non-hydrogen) atoms. The van der Waals surface area contributed by atoms with E-state index in [9.17, 15) is 44.0 Å². The first-order valence-corrected chi connectivity index (χ1v) is 22.1. The average Bonchev–Trinajstić information content (AvgIpc) is 3.25. The van der Waals surface area contributed by atoms with Crippen molar-refractivity contribution in [1.29, 1.82) is 0 Å². The molecule has 5 rings (SSSR count). The van der Waals surface area contributed by atoms with Gasteiger partial charge in [0.05, 0.1) is 24.0 Å². The van der Waals surface area contributed by atoms with E-state index < -0.39 is 83.4 Å². The summed E-state index contributed by atoms with van der Waals surface area (Å²) in [5, 5.41) is 0. The van der Waals surface area contributed by atoms with Crippen LogP contribution >= 0.6 is 0 Å². The molecule has 5 aromatic carbocycles. The summed E-state index contributed by atoms with van der Waals surface area (Å²) < 4.78 is 129. The quantitative estimate of drug-likeness (QED) is 0.0599. The Balaban J connectivity index is 1.49. The van der Waals surface area contributed by atoms with Gasteiger partial charge in [0.2, 0.25) is 31.9 Å². The van der Waals surface area contributed by atoms with E-state index >= 15 is 0 Å². The van der Waals surface area contributed by atoms with Gasteiger partial charge >= 0.3 is 0 Å². The number of rotatable bonds is 21. The molecule has 0 aliphatic heterocycles. The second-order valence-corrected chi connectivity index (χ2v) is 17.4. The van der Waals surface area contributed by atoms with Crippen LogP contribution in [-0.2, 0) is 42.5 Å². The fraction of sp³-hybridized carbons (Fsp3) is 0.200. The third-order valence-electron chi connectivity index (χ3n) is 9.55. The Hall–Kier alpha value is -6.34. The van der Waals surface area contributed by atoms with E-state index in [2.05, 4.69) is 22.6 Å². The highest BCUT2D eigenvalue weighted by Crippen LogP contribution is 2.25. The van der Waals surface area contributed by atoms with Gasteiger partial charge in [-0.2, -0.15) is 9.44 Å². The minimum atomic E-state index is -4.82. The zero-order valence-electron chi connectivity index (χ0n) is 34.1. The van der Waals surface area contributed by atoms with Crippen molar-refractivity contribution in [3.63, 3.8) is 0 Å². The summed E-state index contributed by atoms with van der Waals surface area (Å²) >= 11 is 0. The molecule has 2 amide bonds. The van der Waals surface area contributed by atoms with Crippen LogP contribution in [0.1, 0.15) is 17.5 Å². The Labute approximate surface area is 363 Å². The minimum Gasteiger partial charge on any atom is -0.497 e. The number of hydrogen-bond donors (Lipinski definition) is 2. The number of nitrogens with one attached hydrogen (secondary N) is 2. The summed E-state index contributed by atoms with van der Waals surface area (Å²) in [5.74, 6) is -4.39. The molecule has 18 heteroatoms. The fourth-order valence-electron chi connectivity index (χ4n) is 6.57. The molecule has 5 aromatic rings. The van der Waals surface area contributed by atoms with Crippen LogP contribution in [0.5, 0.6) is 11.5 Å². The molecular weight excluding hydrogens is 865 g/mol. The van der Waals surface area contributed by atoms with Crippen molar-refractivity contribution >= 4 is 43.2 Å². The van der Waals surface area contributed by atoms with Gasteiger partial charge in [-0.25, -0.2) is 34.4 Å². The number of halogens is 4. The molecule has 332 valence electrons. The summed E-state index contributed by atoms with van der Waals surface area (Å²) in [5.41, 5.74) is 0.704. The molecule has 0 bridgehead atoms. The van der Waals surface area contributed by atoms with Crippen molar-refractivity contribution in [2.45, 2.75) is 41.1 Å². The number of hydrogen-bond acceptors (Lipinski definition) is 8. The smallest absolute Gasteiger partial charge is 0.245 e. The van der Waals surface area contributed by atoms with E-state index in [1.807, 2.05) is 0 Å². The standard InChI is InChI=1S/C45H44F4N4O8S2/c1-5-20-52(36-11-15-38(60-3)16-12-36)44(54)42(19-10-30-22-32(46)27-33(47)23-30)50-62(56,57)40-8-7-9-41(29-40)63(58,59)51-43(26-31-24-34(48)28-35(49)25-31)45(55)53(21-6-2)37-13-17-39(61-4)18-14-37/h5-9,11-18,22-25,27-29,42-43,50-51H,1-2,10,19-21,26H2,3-4H3/t42-,43-/m0/s1. The summed E-state index contributed by atoms with van der Waals surface area (Å²) in [6.45, 7) is 7.19. The Morgan fingerprint density at radius 1 is 0.603 bits per heavy atom. The van der Waals surface area contributed by atoms with Gasteiger partial charge in [0.15, 0.2) is 0 Å². The van der Waals surface area contributed by atoms with Crippen molar-refractivity contribution in [1.82, 2.24) is 9.44 Å². The predicted molar refractivity (Wildman–Crippen MR) is 230 cm³/mol. The van der Waals surface area contributed by atoms with E-state index in [-0.39, 0.29) is 37.1 Å². The van der Waals surface area contributed by atoms with Gasteiger partial charge < -0.3 is 19.3 Å². The lowest BCUT2D eigenvalue weighted by Gasteiger charge is -2.28. The van der Waals surface area contributed by atoms with Gasteiger partial charge in [0.25, 0.3) is 0 Å².